The number of rotatable bonds is 5. The van der Waals surface area contributed by atoms with Crippen LogP contribution in [0, 0.1) is 0 Å². The molecular weight excluding hydrogens is 338 g/mol. The van der Waals surface area contributed by atoms with Crippen molar-refractivity contribution in [1.82, 2.24) is 5.32 Å². The molecule has 26 heavy (non-hydrogen) atoms. The Morgan fingerprint density at radius 2 is 1.54 bits per heavy atom. The largest absolute Gasteiger partial charge is 0.360 e. The van der Waals surface area contributed by atoms with E-state index in [9.17, 15) is 0 Å². The van der Waals surface area contributed by atoms with Gasteiger partial charge in [0.1, 0.15) is 0 Å². The van der Waals surface area contributed by atoms with Gasteiger partial charge in [-0.3, -0.25) is 0 Å². The summed E-state index contributed by atoms with van der Waals surface area (Å²) >= 11 is 5.49. The Balaban J connectivity index is 1.64. The highest BCUT2D eigenvalue weighted by Crippen LogP contribution is 2.28. The zero-order chi connectivity index (χ0) is 18.4. The lowest BCUT2D eigenvalue weighted by molar-refractivity contribution is 0.415. The summed E-state index contributed by atoms with van der Waals surface area (Å²) in [5.41, 5.74) is 3.42. The fourth-order valence-corrected chi connectivity index (χ4v) is 3.92. The third-order valence-corrected chi connectivity index (χ3v) is 5.11. The molecule has 0 saturated heterocycles. The van der Waals surface area contributed by atoms with Gasteiger partial charge in [0.25, 0.3) is 0 Å². The summed E-state index contributed by atoms with van der Waals surface area (Å²) < 4.78 is 0. The topological polar surface area (TPSA) is 27.3 Å². The molecule has 0 atom stereocenters. The van der Waals surface area contributed by atoms with Crippen molar-refractivity contribution in [1.29, 1.82) is 0 Å². The van der Waals surface area contributed by atoms with Gasteiger partial charge in [-0.1, -0.05) is 37.5 Å². The van der Waals surface area contributed by atoms with Crippen LogP contribution in [0.25, 0.3) is 0 Å². The van der Waals surface area contributed by atoms with Crippen LogP contribution in [0.2, 0.25) is 0 Å². The van der Waals surface area contributed by atoms with Crippen LogP contribution < -0.4 is 15.5 Å². The van der Waals surface area contributed by atoms with E-state index >= 15 is 0 Å². The Morgan fingerprint density at radius 1 is 0.923 bits per heavy atom. The first kappa shape index (κ1) is 18.7. The van der Waals surface area contributed by atoms with Crippen LogP contribution in [0.15, 0.2) is 54.6 Å². The zero-order valence-corrected chi connectivity index (χ0v) is 16.6. The minimum atomic E-state index is 0.380. The number of thiocarbonyl (C=S) groups is 1. The highest BCUT2D eigenvalue weighted by Gasteiger charge is 2.15. The van der Waals surface area contributed by atoms with E-state index in [1.807, 2.05) is 0 Å². The molecule has 0 aliphatic heterocycles. The first-order chi connectivity index (χ1) is 12.6. The molecule has 2 aromatic rings. The zero-order valence-electron chi connectivity index (χ0n) is 15.7. The lowest BCUT2D eigenvalue weighted by Crippen LogP contribution is -2.38. The molecule has 3 nitrogen and oxygen atoms in total. The van der Waals surface area contributed by atoms with Crippen LogP contribution in [0.5, 0.6) is 0 Å². The van der Waals surface area contributed by atoms with Crippen LogP contribution in [0.4, 0.5) is 17.1 Å². The third-order valence-electron chi connectivity index (χ3n) is 4.89. The van der Waals surface area contributed by atoms with Crippen molar-refractivity contribution in [2.75, 3.05) is 10.2 Å². The van der Waals surface area contributed by atoms with Gasteiger partial charge in [0.2, 0.25) is 0 Å². The molecule has 0 spiro atoms. The first-order valence-electron chi connectivity index (χ1n) is 9.65. The normalized spacial score (nSPS) is 14.9. The van der Waals surface area contributed by atoms with Gasteiger partial charge in [-0.2, -0.15) is 0 Å². The van der Waals surface area contributed by atoms with E-state index in [1.165, 1.54) is 43.5 Å². The van der Waals surface area contributed by atoms with Crippen molar-refractivity contribution in [3.63, 3.8) is 0 Å². The molecule has 0 radical (unpaired) electrons. The summed E-state index contributed by atoms with van der Waals surface area (Å²) in [6, 6.07) is 19.9. The minimum Gasteiger partial charge on any atom is -0.360 e. The molecule has 3 rings (SSSR count). The quantitative estimate of drug-likeness (QED) is 0.648. The van der Waals surface area contributed by atoms with Crippen LogP contribution >= 0.6 is 12.2 Å². The highest BCUT2D eigenvalue weighted by atomic mass is 32.1. The van der Waals surface area contributed by atoms with Gasteiger partial charge in [-0.25, -0.2) is 0 Å². The number of benzene rings is 2. The predicted molar refractivity (Wildman–Crippen MR) is 116 cm³/mol. The predicted octanol–water partition coefficient (Wildman–Crippen LogP) is 5.85. The van der Waals surface area contributed by atoms with Gasteiger partial charge in [0.15, 0.2) is 5.11 Å². The Kier molecular flexibility index (Phi) is 6.51. The molecule has 0 amide bonds. The Morgan fingerprint density at radius 3 is 2.15 bits per heavy atom. The molecule has 2 N–H and O–H groups in total. The summed E-state index contributed by atoms with van der Waals surface area (Å²) in [5, 5.41) is 7.51. The minimum absolute atomic E-state index is 0.380. The number of nitrogens with zero attached hydrogens (tertiary/aromatic N) is 1. The van der Waals surface area contributed by atoms with Crippen molar-refractivity contribution in [3.05, 3.63) is 54.6 Å². The summed E-state index contributed by atoms with van der Waals surface area (Å²) in [6.07, 6.45) is 6.41. The van der Waals surface area contributed by atoms with E-state index in [0.717, 1.165) is 10.8 Å². The van der Waals surface area contributed by atoms with Gasteiger partial charge in [-0.15, -0.1) is 0 Å². The fraction of sp³-hybridized carbons (Fsp3) is 0.409. The van der Waals surface area contributed by atoms with Gasteiger partial charge >= 0.3 is 0 Å². The number of anilines is 3. The van der Waals surface area contributed by atoms with Crippen LogP contribution in [0.3, 0.4) is 0 Å². The van der Waals surface area contributed by atoms with E-state index in [-0.39, 0.29) is 0 Å². The summed E-state index contributed by atoms with van der Waals surface area (Å²) in [5.74, 6) is 0. The van der Waals surface area contributed by atoms with Crippen molar-refractivity contribution >= 4 is 34.4 Å². The molecule has 2 aromatic carbocycles. The smallest absolute Gasteiger partial charge is 0.170 e. The van der Waals surface area contributed by atoms with Crippen molar-refractivity contribution in [2.45, 2.75) is 58.0 Å². The first-order valence-corrected chi connectivity index (χ1v) is 10.1. The fourth-order valence-electron chi connectivity index (χ4n) is 3.64. The molecule has 0 bridgehead atoms. The van der Waals surface area contributed by atoms with Crippen LogP contribution in [-0.4, -0.2) is 17.2 Å². The molecule has 0 aromatic heterocycles. The average Bonchev–Trinajstić information content (AvgIpc) is 2.65. The molecule has 1 aliphatic rings. The molecule has 1 aliphatic carbocycles. The molecular formula is C22H29N3S. The number of hydrogen-bond acceptors (Lipinski definition) is 2. The van der Waals surface area contributed by atoms with Gasteiger partial charge < -0.3 is 15.5 Å². The summed E-state index contributed by atoms with van der Waals surface area (Å²) in [4.78, 5) is 2.34. The van der Waals surface area contributed by atoms with Crippen molar-refractivity contribution < 1.29 is 0 Å². The highest BCUT2D eigenvalue weighted by molar-refractivity contribution is 7.80. The monoisotopic (exact) mass is 367 g/mol. The lowest BCUT2D eigenvalue weighted by Gasteiger charge is -2.29. The van der Waals surface area contributed by atoms with Crippen molar-refractivity contribution in [2.24, 2.45) is 0 Å². The Labute approximate surface area is 162 Å². The molecule has 1 saturated carbocycles. The molecule has 138 valence electrons. The van der Waals surface area contributed by atoms with E-state index in [4.69, 9.17) is 12.2 Å². The van der Waals surface area contributed by atoms with Crippen molar-refractivity contribution in [3.8, 4) is 0 Å². The number of hydrogen-bond donors (Lipinski definition) is 2. The SMILES string of the molecule is CC(C)N(c1ccccc1)c1ccc(NC(=S)NC2CCCCC2)cc1. The third kappa shape index (κ3) is 4.98. The van der Waals surface area contributed by atoms with Gasteiger partial charge in [0, 0.05) is 29.1 Å². The maximum atomic E-state index is 5.49. The maximum Gasteiger partial charge on any atom is 0.170 e. The summed E-state index contributed by atoms with van der Waals surface area (Å²) in [6.45, 7) is 4.42. The Hall–Kier alpha value is -2.07. The molecule has 0 unspecified atom stereocenters. The average molecular weight is 368 g/mol. The van der Waals surface area contributed by atoms with Crippen LogP contribution in [-0.2, 0) is 0 Å². The second kappa shape index (κ2) is 9.04. The molecule has 1 fully saturated rings. The number of nitrogens with one attached hydrogen (secondary N) is 2. The van der Waals surface area contributed by atoms with E-state index in [1.54, 1.807) is 0 Å². The van der Waals surface area contributed by atoms with E-state index < -0.39 is 0 Å². The molecule has 0 heterocycles. The van der Waals surface area contributed by atoms with E-state index in [0.29, 0.717) is 12.1 Å². The number of para-hydroxylation sites is 1. The molecule has 4 heteroatoms. The second-order valence-corrected chi connectivity index (χ2v) is 7.69. The van der Waals surface area contributed by atoms with Gasteiger partial charge in [-0.05, 0) is 75.3 Å². The maximum absolute atomic E-state index is 5.49. The van der Waals surface area contributed by atoms with Crippen LogP contribution in [0.1, 0.15) is 46.0 Å². The van der Waals surface area contributed by atoms with Gasteiger partial charge in [0.05, 0.1) is 0 Å². The Bertz CT molecular complexity index is 691. The lowest BCUT2D eigenvalue weighted by atomic mass is 9.96. The second-order valence-electron chi connectivity index (χ2n) is 7.28. The standard InChI is InChI=1S/C22H29N3S/c1-17(2)25(20-11-7-4-8-12-20)21-15-13-19(14-16-21)24-22(26)23-18-9-5-3-6-10-18/h4,7-8,11-18H,3,5-6,9-10H2,1-2H3,(H2,23,24,26). The summed E-state index contributed by atoms with van der Waals surface area (Å²) in [7, 11) is 0. The van der Waals surface area contributed by atoms with E-state index in [2.05, 4.69) is 84.0 Å².